The Morgan fingerprint density at radius 3 is 2.67 bits per heavy atom. The van der Waals surface area contributed by atoms with E-state index >= 15 is 0 Å². The highest BCUT2D eigenvalue weighted by Crippen LogP contribution is 2.37. The number of carbonyl (C=O) groups is 1. The Balaban J connectivity index is 1.52. The van der Waals surface area contributed by atoms with E-state index in [1.807, 2.05) is 26.1 Å². The predicted octanol–water partition coefficient (Wildman–Crippen LogP) is 3.01. The van der Waals surface area contributed by atoms with Crippen LogP contribution < -0.4 is 5.32 Å². The number of hydrogen-bond donors (Lipinski definition) is 1. The van der Waals surface area contributed by atoms with Gasteiger partial charge in [-0.05, 0) is 57.1 Å². The average molecular weight is 472 g/mol. The molecule has 1 atom stereocenters. The lowest BCUT2D eigenvalue weighted by Gasteiger charge is -2.26. The van der Waals surface area contributed by atoms with Crippen molar-refractivity contribution in [2.24, 2.45) is 13.0 Å². The zero-order chi connectivity index (χ0) is 23.2. The van der Waals surface area contributed by atoms with Gasteiger partial charge in [0.25, 0.3) is 0 Å². The van der Waals surface area contributed by atoms with Gasteiger partial charge < -0.3 is 10.1 Å². The van der Waals surface area contributed by atoms with Crippen LogP contribution in [0.4, 0.5) is 5.82 Å². The number of amides is 1. The predicted molar refractivity (Wildman–Crippen MR) is 124 cm³/mol. The van der Waals surface area contributed by atoms with E-state index in [0.29, 0.717) is 60.0 Å². The van der Waals surface area contributed by atoms with Crippen LogP contribution in [0.5, 0.6) is 0 Å². The van der Waals surface area contributed by atoms with Gasteiger partial charge in [-0.2, -0.15) is 10.2 Å². The first kappa shape index (κ1) is 22.1. The molecule has 2 aliphatic rings. The molecule has 0 radical (unpaired) electrons. The molecular formula is C23H29N5O4S. The zero-order valence-electron chi connectivity index (χ0n) is 18.9. The van der Waals surface area contributed by atoms with Crippen LogP contribution in [0, 0.1) is 12.8 Å². The molecule has 1 unspecified atom stereocenters. The summed E-state index contributed by atoms with van der Waals surface area (Å²) in [6, 6.07) is 6.45. The van der Waals surface area contributed by atoms with E-state index in [-0.39, 0.29) is 11.2 Å². The molecule has 33 heavy (non-hydrogen) atoms. The molecule has 10 heteroatoms. The number of hydrogen-bond acceptors (Lipinski definition) is 6. The molecule has 1 aromatic carbocycles. The van der Waals surface area contributed by atoms with Gasteiger partial charge in [0.1, 0.15) is 6.04 Å². The maximum Gasteiger partial charge on any atom is 0.250 e. The maximum absolute atomic E-state index is 13.5. The number of nitrogens with zero attached hydrogens (tertiary/aromatic N) is 4. The van der Waals surface area contributed by atoms with Crippen LogP contribution in [0.2, 0.25) is 0 Å². The van der Waals surface area contributed by atoms with E-state index in [1.54, 1.807) is 27.7 Å². The van der Waals surface area contributed by atoms with Crippen molar-refractivity contribution < 1.29 is 17.9 Å². The Bertz CT molecular complexity index is 1270. The Morgan fingerprint density at radius 1 is 1.24 bits per heavy atom. The van der Waals surface area contributed by atoms with Gasteiger partial charge in [0.15, 0.2) is 15.7 Å². The van der Waals surface area contributed by atoms with E-state index in [4.69, 9.17) is 4.74 Å². The number of ether oxygens (including phenoxy) is 1. The largest absolute Gasteiger partial charge is 0.381 e. The minimum atomic E-state index is -3.39. The van der Waals surface area contributed by atoms with E-state index in [9.17, 15) is 13.2 Å². The number of carbonyl (C=O) groups excluding carboxylic acids is 1. The van der Waals surface area contributed by atoms with Crippen molar-refractivity contribution in [2.45, 2.75) is 55.2 Å². The minimum Gasteiger partial charge on any atom is -0.381 e. The number of aromatic nitrogens is 4. The molecule has 5 rings (SSSR count). The summed E-state index contributed by atoms with van der Waals surface area (Å²) in [6.45, 7) is 3.29. The second-order valence-electron chi connectivity index (χ2n) is 9.11. The van der Waals surface area contributed by atoms with Crippen LogP contribution in [0.15, 0.2) is 35.4 Å². The highest BCUT2D eigenvalue weighted by Gasteiger charge is 2.38. The summed E-state index contributed by atoms with van der Waals surface area (Å²) in [7, 11) is -1.56. The van der Waals surface area contributed by atoms with Gasteiger partial charge in [0.2, 0.25) is 5.91 Å². The lowest BCUT2D eigenvalue weighted by molar-refractivity contribution is -0.120. The van der Waals surface area contributed by atoms with Crippen LogP contribution in [-0.4, -0.2) is 52.3 Å². The number of sulfone groups is 1. The summed E-state index contributed by atoms with van der Waals surface area (Å²) in [5.41, 5.74) is 1.59. The molecule has 1 aliphatic carbocycles. The van der Waals surface area contributed by atoms with Crippen molar-refractivity contribution in [2.75, 3.05) is 18.5 Å². The third-order valence-electron chi connectivity index (χ3n) is 6.73. The second-order valence-corrected chi connectivity index (χ2v) is 11.3. The molecule has 2 fully saturated rings. The normalized spacial score (nSPS) is 18.5. The van der Waals surface area contributed by atoms with Crippen molar-refractivity contribution >= 4 is 32.5 Å². The van der Waals surface area contributed by atoms with Crippen molar-refractivity contribution in [3.63, 3.8) is 0 Å². The van der Waals surface area contributed by atoms with Gasteiger partial charge in [0.05, 0.1) is 21.9 Å². The molecule has 3 heterocycles. The molecule has 0 bridgehead atoms. The molecule has 1 saturated carbocycles. The summed E-state index contributed by atoms with van der Waals surface area (Å²) < 4.78 is 34.8. The van der Waals surface area contributed by atoms with E-state index in [0.717, 1.165) is 18.5 Å². The lowest BCUT2D eigenvalue weighted by Crippen LogP contribution is -2.30. The summed E-state index contributed by atoms with van der Waals surface area (Å²) in [6.07, 6.45) is 5.34. The molecule has 1 amide bonds. The number of nitrogens with one attached hydrogen (secondary N) is 1. The van der Waals surface area contributed by atoms with E-state index < -0.39 is 15.9 Å². The highest BCUT2D eigenvalue weighted by molar-refractivity contribution is 7.92. The van der Waals surface area contributed by atoms with Crippen LogP contribution in [0.1, 0.15) is 43.8 Å². The van der Waals surface area contributed by atoms with Crippen LogP contribution in [-0.2, 0) is 26.4 Å². The molecule has 2 aromatic heterocycles. The first-order chi connectivity index (χ1) is 15.8. The van der Waals surface area contributed by atoms with Crippen LogP contribution >= 0.6 is 0 Å². The fourth-order valence-electron chi connectivity index (χ4n) is 4.55. The fourth-order valence-corrected chi connectivity index (χ4v) is 6.39. The summed E-state index contributed by atoms with van der Waals surface area (Å²) >= 11 is 0. The maximum atomic E-state index is 13.5. The highest BCUT2D eigenvalue weighted by atomic mass is 32.2. The molecule has 0 spiro atoms. The molecule has 1 saturated heterocycles. The Morgan fingerprint density at radius 2 is 2.00 bits per heavy atom. The Hall–Kier alpha value is -2.72. The monoisotopic (exact) mass is 471 g/mol. The van der Waals surface area contributed by atoms with Gasteiger partial charge in [-0.15, -0.1) is 0 Å². The lowest BCUT2D eigenvalue weighted by atomic mass is 9.92. The van der Waals surface area contributed by atoms with Crippen molar-refractivity contribution in [1.29, 1.82) is 0 Å². The SMILES string of the molecule is Cc1cc(NC(=O)C(CC2CCOCC2)n2ncc3c(S(=O)(=O)C4CC4)cccc32)nn1C. The van der Waals surface area contributed by atoms with Crippen LogP contribution in [0.25, 0.3) is 10.9 Å². The molecule has 1 N–H and O–H groups in total. The second kappa shape index (κ2) is 8.57. The number of anilines is 1. The molecule has 176 valence electrons. The van der Waals surface area contributed by atoms with Gasteiger partial charge in [-0.25, -0.2) is 8.42 Å². The fraction of sp³-hybridized carbons (Fsp3) is 0.522. The first-order valence-corrected chi connectivity index (χ1v) is 13.0. The molecule has 3 aromatic rings. The molecular weight excluding hydrogens is 442 g/mol. The quantitative estimate of drug-likeness (QED) is 0.568. The number of fused-ring (bicyclic) bond motifs is 1. The molecule has 1 aliphatic heterocycles. The first-order valence-electron chi connectivity index (χ1n) is 11.4. The smallest absolute Gasteiger partial charge is 0.250 e. The Kier molecular flexibility index (Phi) is 5.74. The van der Waals surface area contributed by atoms with Crippen molar-refractivity contribution in [3.05, 3.63) is 36.2 Å². The number of aryl methyl sites for hydroxylation is 2. The van der Waals surface area contributed by atoms with Crippen LogP contribution in [0.3, 0.4) is 0 Å². The standard InChI is InChI=1S/C23H29N5O4S/c1-15-12-22(26-27(15)2)25-23(29)20(13-16-8-10-32-11-9-16)28-19-4-3-5-21(18(19)14-24-28)33(30,31)17-6-7-17/h3-5,12,14,16-17,20H,6-11,13H2,1-2H3,(H,25,26,29). The summed E-state index contributed by atoms with van der Waals surface area (Å²) in [5.74, 6) is 0.600. The van der Waals surface area contributed by atoms with E-state index in [2.05, 4.69) is 15.5 Å². The van der Waals surface area contributed by atoms with Gasteiger partial charge >= 0.3 is 0 Å². The van der Waals surface area contributed by atoms with E-state index in [1.165, 1.54) is 0 Å². The number of benzene rings is 1. The Labute approximate surface area is 193 Å². The van der Waals surface area contributed by atoms with Gasteiger partial charge in [-0.1, -0.05) is 6.07 Å². The third kappa shape index (κ3) is 4.29. The number of rotatable bonds is 7. The topological polar surface area (TPSA) is 108 Å². The summed E-state index contributed by atoms with van der Waals surface area (Å²) in [4.78, 5) is 13.8. The van der Waals surface area contributed by atoms with Gasteiger partial charge in [-0.3, -0.25) is 14.2 Å². The summed E-state index contributed by atoms with van der Waals surface area (Å²) in [5, 5.41) is 12.1. The molecule has 9 nitrogen and oxygen atoms in total. The zero-order valence-corrected chi connectivity index (χ0v) is 19.7. The van der Waals surface area contributed by atoms with Crippen molar-refractivity contribution in [3.8, 4) is 0 Å². The van der Waals surface area contributed by atoms with Crippen molar-refractivity contribution in [1.82, 2.24) is 19.6 Å². The average Bonchev–Trinajstić information content (AvgIpc) is 3.51. The minimum absolute atomic E-state index is 0.208. The third-order valence-corrected chi connectivity index (χ3v) is 9.05. The van der Waals surface area contributed by atoms with Gasteiger partial charge in [0, 0.05) is 37.4 Å².